The molecule has 3 aromatic heterocycles. The van der Waals surface area contributed by atoms with E-state index in [9.17, 15) is 20.6 Å². The number of hydrogen-bond donors (Lipinski definition) is 0. The monoisotopic (exact) mass is 759 g/mol. The van der Waals surface area contributed by atoms with Gasteiger partial charge in [-0.05, 0) is 99.9 Å². The van der Waals surface area contributed by atoms with E-state index in [0.29, 0.717) is 4.57 Å². The zero-order valence-electron chi connectivity index (χ0n) is 61.4. The van der Waals surface area contributed by atoms with Crippen LogP contribution < -0.4 is 0 Å². The molecule has 0 aliphatic rings. The van der Waals surface area contributed by atoms with E-state index in [1.54, 1.807) is 0 Å². The van der Waals surface area contributed by atoms with Crippen LogP contribution in [0.3, 0.4) is 0 Å². The Balaban J connectivity index is 1.26. The van der Waals surface area contributed by atoms with E-state index >= 15 is 0 Å². The second kappa shape index (κ2) is 12.5. The molecule has 3 heterocycles. The van der Waals surface area contributed by atoms with Crippen LogP contribution in [-0.2, 0) is 0 Å². The Labute approximate surface area is 375 Å². The first-order valence-electron chi connectivity index (χ1n) is 33.3. The largest absolute Gasteiger partial charge is 0.456 e. The zero-order chi connectivity index (χ0) is 66.2. The number of aromatic nitrogens is 2. The van der Waals surface area contributed by atoms with E-state index in [1.165, 1.54) is 0 Å². The van der Waals surface area contributed by atoms with Crippen LogP contribution in [0.4, 0.5) is 0 Å². The van der Waals surface area contributed by atoms with Crippen molar-refractivity contribution in [2.45, 2.75) is 0 Å². The van der Waals surface area contributed by atoms with Gasteiger partial charge in [0.1, 0.15) is 11.2 Å². The summed E-state index contributed by atoms with van der Waals surface area (Å²) in [6, 6.07) is -29.9. The Kier molecular flexibility index (Phi) is 2.90. The van der Waals surface area contributed by atoms with Gasteiger partial charge in [0.25, 0.3) is 0 Å². The van der Waals surface area contributed by atoms with Crippen molar-refractivity contribution in [2.24, 2.45) is 0 Å². The molecule has 12 rings (SSSR count). The predicted molar refractivity (Wildman–Crippen MR) is 239 cm³/mol. The standard InChI is InChI=1S/C54H34N2O/c1-3-13-35(14-4-1)37-23-27-41(28-24-37)55-47-20-10-7-17-42(47)45-31-38(25-29-49(45)55)39-26-30-50-46(32-39)43-18-8-11-21-48(43)56(50)51-33-40(36-15-5-2-6-16-36)34-53-54(51)44-19-9-12-22-52(44)57-53/h1-34H/i1D,2D,3D,4D,5D,6D,7D,8D,9D,10D,11D,12D,13D,14D,15D,16D,17D,18D,19D,20D,21D,22D,23D,24D,25D,26D,27D,28D,29D,30D,31D,32D,34D. The zero-order valence-corrected chi connectivity index (χ0v) is 28.4. The Hall–Kier alpha value is -7.62. The summed E-state index contributed by atoms with van der Waals surface area (Å²) in [4.78, 5) is 0. The lowest BCUT2D eigenvalue weighted by molar-refractivity contribution is 0.669. The topological polar surface area (TPSA) is 23.0 Å². The normalized spacial score (nSPS) is 20.0. The first kappa shape index (κ1) is 13.3. The average Bonchev–Trinajstić information content (AvgIpc) is 1.52. The Morgan fingerprint density at radius 3 is 1.46 bits per heavy atom. The van der Waals surface area contributed by atoms with Gasteiger partial charge < -0.3 is 13.6 Å². The van der Waals surface area contributed by atoms with Gasteiger partial charge >= 0.3 is 0 Å². The second-order valence-electron chi connectivity index (χ2n) is 12.4. The fourth-order valence-electron chi connectivity index (χ4n) is 6.88. The van der Waals surface area contributed by atoms with Crippen LogP contribution in [-0.4, -0.2) is 9.13 Å². The molecule has 0 aliphatic carbocycles. The molecule has 3 heteroatoms. The van der Waals surface area contributed by atoms with Crippen molar-refractivity contribution >= 4 is 65.6 Å². The highest BCUT2D eigenvalue weighted by Crippen LogP contribution is 2.43. The minimum Gasteiger partial charge on any atom is -0.456 e. The number of para-hydroxylation sites is 3. The molecule has 3 nitrogen and oxygen atoms in total. The Bertz CT molecular complexity index is 5380. The fraction of sp³-hybridized carbons (Fsp3) is 0. The van der Waals surface area contributed by atoms with Crippen molar-refractivity contribution in [1.82, 2.24) is 9.13 Å². The van der Waals surface area contributed by atoms with Gasteiger partial charge in [0, 0.05) is 32.6 Å². The predicted octanol–water partition coefficient (Wildman–Crippen LogP) is 14.8. The van der Waals surface area contributed by atoms with Crippen molar-refractivity contribution in [3.63, 3.8) is 0 Å². The fourth-order valence-corrected chi connectivity index (χ4v) is 6.88. The average molecular weight is 760 g/mol. The number of hydrogen-bond acceptors (Lipinski definition) is 1. The molecule has 12 aromatic rings. The SMILES string of the molecule is [2H]c1c([2H])c([2H])c(-c2cc(-n3c4c([2H])c([2H])c([2H])c([2H])c4c4c([2H])c(-c5c([2H])c([2H])c6c(c5[2H])c5c([2H])c([2H])c([2H])c([2H])c5n6-c5c([2H])c([2H])c(-c6c([2H])c([2H])c([2H])c([2H])c6[2H])c([2H])c5[2H])c([2H])c([2H])c43)c3c(oc4c([2H])c([2H])c([2H])c([2H])c43)c2[2H])c([2H])c1[2H]. The van der Waals surface area contributed by atoms with Gasteiger partial charge in [-0.3, -0.25) is 0 Å². The van der Waals surface area contributed by atoms with Crippen LogP contribution in [0.25, 0.3) is 110 Å². The molecule has 0 radical (unpaired) electrons. The molecular weight excluding hydrogens is 693 g/mol. The summed E-state index contributed by atoms with van der Waals surface area (Å²) in [6.45, 7) is 0. The lowest BCUT2D eigenvalue weighted by Crippen LogP contribution is -1.96. The smallest absolute Gasteiger partial charge is 0.138 e. The molecule has 0 N–H and O–H groups in total. The number of benzene rings is 9. The highest BCUT2D eigenvalue weighted by molar-refractivity contribution is 6.16. The van der Waals surface area contributed by atoms with E-state index in [1.807, 2.05) is 0 Å². The molecule has 0 saturated heterocycles. The summed E-state index contributed by atoms with van der Waals surface area (Å²) >= 11 is 0. The minimum atomic E-state index is -1.11. The first-order valence-corrected chi connectivity index (χ1v) is 16.8. The summed E-state index contributed by atoms with van der Waals surface area (Å²) in [6.07, 6.45) is 0. The lowest BCUT2D eigenvalue weighted by Gasteiger charge is -2.13. The van der Waals surface area contributed by atoms with Gasteiger partial charge in [0.2, 0.25) is 0 Å². The number of furan rings is 1. The summed E-state index contributed by atoms with van der Waals surface area (Å²) < 4.78 is 306. The maximum atomic E-state index is 10.1. The molecule has 266 valence electrons. The molecule has 57 heavy (non-hydrogen) atoms. The maximum absolute atomic E-state index is 10.1. The number of rotatable bonds is 5. The van der Waals surface area contributed by atoms with E-state index in [4.69, 9.17) is 29.1 Å². The molecule has 0 aliphatic heterocycles. The molecule has 0 spiro atoms. The van der Waals surface area contributed by atoms with Crippen LogP contribution in [0.1, 0.15) is 45.2 Å². The Morgan fingerprint density at radius 1 is 0.333 bits per heavy atom. The molecule has 0 saturated carbocycles. The van der Waals surface area contributed by atoms with Crippen molar-refractivity contribution in [1.29, 1.82) is 0 Å². The van der Waals surface area contributed by atoms with Crippen LogP contribution in [0.15, 0.2) is 210 Å². The molecule has 0 atom stereocenters. The van der Waals surface area contributed by atoms with Gasteiger partial charge in [0.05, 0.1) is 78.4 Å². The highest BCUT2D eigenvalue weighted by atomic mass is 16.3. The van der Waals surface area contributed by atoms with Gasteiger partial charge in [-0.15, -0.1) is 0 Å². The van der Waals surface area contributed by atoms with Crippen LogP contribution in [0.2, 0.25) is 0 Å². The van der Waals surface area contributed by atoms with Crippen LogP contribution in [0.5, 0.6) is 0 Å². The summed E-state index contributed by atoms with van der Waals surface area (Å²) in [5, 5.41) is -3.53. The van der Waals surface area contributed by atoms with Crippen LogP contribution >= 0.6 is 0 Å². The van der Waals surface area contributed by atoms with Crippen LogP contribution in [0, 0.1) is 0 Å². The number of nitrogens with zero attached hydrogens (tertiary/aromatic N) is 2. The molecule has 0 fully saturated rings. The highest BCUT2D eigenvalue weighted by Gasteiger charge is 2.20. The van der Waals surface area contributed by atoms with Gasteiger partial charge in [0.15, 0.2) is 0 Å². The van der Waals surface area contributed by atoms with Gasteiger partial charge in [-0.1, -0.05) is 139 Å². The molecule has 9 aromatic carbocycles. The van der Waals surface area contributed by atoms with E-state index < -0.39 is 310 Å². The van der Waals surface area contributed by atoms with Crippen molar-refractivity contribution in [3.05, 3.63) is 205 Å². The molecule has 0 bridgehead atoms. The third-order valence-electron chi connectivity index (χ3n) is 9.28. The molecule has 0 amide bonds. The molecular formula is C54H34N2O. The summed E-state index contributed by atoms with van der Waals surface area (Å²) in [5.41, 5.74) is -9.90. The van der Waals surface area contributed by atoms with Crippen molar-refractivity contribution < 1.29 is 49.7 Å². The van der Waals surface area contributed by atoms with E-state index in [2.05, 4.69) is 0 Å². The third kappa shape index (κ3) is 4.92. The molecule has 0 unspecified atom stereocenters. The first-order chi connectivity index (χ1) is 42.0. The van der Waals surface area contributed by atoms with E-state index in [0.717, 1.165) is 10.6 Å². The lowest BCUT2D eigenvalue weighted by atomic mass is 10.0. The van der Waals surface area contributed by atoms with Gasteiger partial charge in [-0.25, -0.2) is 0 Å². The number of fused-ring (bicyclic) bond motifs is 9. The van der Waals surface area contributed by atoms with Gasteiger partial charge in [-0.2, -0.15) is 0 Å². The van der Waals surface area contributed by atoms with Crippen molar-refractivity contribution in [2.75, 3.05) is 0 Å². The van der Waals surface area contributed by atoms with E-state index in [-0.39, 0.29) is 0 Å². The summed E-state index contributed by atoms with van der Waals surface area (Å²) in [5.74, 6) is 0. The third-order valence-corrected chi connectivity index (χ3v) is 9.28. The summed E-state index contributed by atoms with van der Waals surface area (Å²) in [7, 11) is 0. The maximum Gasteiger partial charge on any atom is 0.138 e. The quantitative estimate of drug-likeness (QED) is 0.171. The Morgan fingerprint density at radius 2 is 0.807 bits per heavy atom. The second-order valence-corrected chi connectivity index (χ2v) is 12.4. The van der Waals surface area contributed by atoms with Crippen molar-refractivity contribution in [3.8, 4) is 44.8 Å². The minimum absolute atomic E-state index is 0.441.